The van der Waals surface area contributed by atoms with E-state index < -0.39 is 0 Å². The molecule has 0 bridgehead atoms. The van der Waals surface area contributed by atoms with Crippen molar-refractivity contribution in [3.05, 3.63) is 47.8 Å². The van der Waals surface area contributed by atoms with Crippen molar-refractivity contribution in [2.75, 3.05) is 42.9 Å². The lowest BCUT2D eigenvalue weighted by molar-refractivity contribution is -0.116. The Hall–Kier alpha value is -2.47. The van der Waals surface area contributed by atoms with Crippen molar-refractivity contribution in [3.8, 4) is 0 Å². The molecule has 1 aromatic heterocycles. The third kappa shape index (κ3) is 5.04. The maximum absolute atomic E-state index is 12.5. The Balaban J connectivity index is 1.48. The summed E-state index contributed by atoms with van der Waals surface area (Å²) in [4.78, 5) is 25.7. The number of anilines is 2. The Morgan fingerprint density at radius 3 is 2.22 bits per heavy atom. The minimum atomic E-state index is 0.0967. The van der Waals surface area contributed by atoms with E-state index in [1.165, 1.54) is 11.1 Å². The predicted octanol–water partition coefficient (Wildman–Crippen LogP) is 2.75. The van der Waals surface area contributed by atoms with E-state index in [0.29, 0.717) is 6.42 Å². The summed E-state index contributed by atoms with van der Waals surface area (Å²) in [5.41, 5.74) is 3.43. The van der Waals surface area contributed by atoms with Gasteiger partial charge in [-0.15, -0.1) is 0 Å². The first-order valence-corrected chi connectivity index (χ1v) is 9.86. The van der Waals surface area contributed by atoms with Crippen molar-refractivity contribution < 1.29 is 4.79 Å². The van der Waals surface area contributed by atoms with Crippen LogP contribution in [0.25, 0.3) is 0 Å². The maximum atomic E-state index is 12.5. The van der Waals surface area contributed by atoms with Gasteiger partial charge in [0.2, 0.25) is 11.9 Å². The normalized spacial score (nSPS) is 15.0. The molecule has 0 aliphatic carbocycles. The Morgan fingerprint density at radius 1 is 1.00 bits per heavy atom. The summed E-state index contributed by atoms with van der Waals surface area (Å²) in [6.07, 6.45) is 5.92. The number of nitrogens with one attached hydrogen (secondary N) is 1. The molecule has 3 rings (SSSR count). The van der Waals surface area contributed by atoms with Crippen LogP contribution in [0, 0.1) is 0 Å². The van der Waals surface area contributed by atoms with E-state index in [2.05, 4.69) is 57.1 Å². The van der Waals surface area contributed by atoms with Crippen LogP contribution in [0.1, 0.15) is 31.4 Å². The number of rotatable bonds is 7. The molecule has 27 heavy (non-hydrogen) atoms. The fraction of sp³-hybridized carbons (Fsp3) is 0.476. The van der Waals surface area contributed by atoms with Crippen molar-refractivity contribution in [1.29, 1.82) is 0 Å². The fourth-order valence-corrected chi connectivity index (χ4v) is 3.49. The first-order chi connectivity index (χ1) is 13.2. The standard InChI is InChI=1S/C21H29N5O/c1-3-17-7-5-8-18(4-2)20(17)24-19(27)9-12-25-13-15-26(16-14-25)21-22-10-6-11-23-21/h5-8,10-11H,3-4,9,12-16H2,1-2H3,(H,24,27). The zero-order valence-corrected chi connectivity index (χ0v) is 16.3. The highest BCUT2D eigenvalue weighted by atomic mass is 16.1. The molecule has 2 heterocycles. The summed E-state index contributed by atoms with van der Waals surface area (Å²) in [5, 5.41) is 3.16. The Bertz CT molecular complexity index is 719. The SMILES string of the molecule is CCc1cccc(CC)c1NC(=O)CCN1CCN(c2ncccn2)CC1. The van der Waals surface area contributed by atoms with Crippen LogP contribution in [0.3, 0.4) is 0 Å². The number of carbonyl (C=O) groups is 1. The number of para-hydroxylation sites is 1. The van der Waals surface area contributed by atoms with Gasteiger partial charge in [0.05, 0.1) is 0 Å². The van der Waals surface area contributed by atoms with E-state index in [1.54, 1.807) is 12.4 Å². The van der Waals surface area contributed by atoms with Crippen molar-refractivity contribution in [2.45, 2.75) is 33.1 Å². The molecule has 1 saturated heterocycles. The van der Waals surface area contributed by atoms with Crippen LogP contribution in [0.15, 0.2) is 36.7 Å². The smallest absolute Gasteiger partial charge is 0.225 e. The molecule has 0 radical (unpaired) electrons. The summed E-state index contributed by atoms with van der Waals surface area (Å²) in [6.45, 7) is 8.68. The number of carbonyl (C=O) groups excluding carboxylic acids is 1. The summed E-state index contributed by atoms with van der Waals surface area (Å²) < 4.78 is 0. The fourth-order valence-electron chi connectivity index (χ4n) is 3.49. The highest BCUT2D eigenvalue weighted by molar-refractivity contribution is 5.92. The second-order valence-electron chi connectivity index (χ2n) is 6.83. The molecule has 0 spiro atoms. The van der Waals surface area contributed by atoms with Crippen molar-refractivity contribution in [2.24, 2.45) is 0 Å². The summed E-state index contributed by atoms with van der Waals surface area (Å²) >= 11 is 0. The molecule has 1 amide bonds. The van der Waals surface area contributed by atoms with E-state index in [4.69, 9.17) is 0 Å². The molecular formula is C21H29N5O. The number of piperazine rings is 1. The number of benzene rings is 1. The highest BCUT2D eigenvalue weighted by Crippen LogP contribution is 2.22. The first kappa shape index (κ1) is 19.3. The van der Waals surface area contributed by atoms with Crippen LogP contribution < -0.4 is 10.2 Å². The second-order valence-corrected chi connectivity index (χ2v) is 6.83. The third-order valence-electron chi connectivity index (χ3n) is 5.13. The molecule has 0 saturated carbocycles. The van der Waals surface area contributed by atoms with Crippen molar-refractivity contribution in [1.82, 2.24) is 14.9 Å². The van der Waals surface area contributed by atoms with Gasteiger partial charge in [0.15, 0.2) is 0 Å². The molecule has 0 atom stereocenters. The zero-order valence-electron chi connectivity index (χ0n) is 16.3. The van der Waals surface area contributed by atoms with Crippen LogP contribution in [-0.2, 0) is 17.6 Å². The molecule has 144 valence electrons. The molecule has 6 heteroatoms. The lowest BCUT2D eigenvalue weighted by atomic mass is 10.0. The van der Waals surface area contributed by atoms with E-state index >= 15 is 0 Å². The number of amides is 1. The Kier molecular flexibility index (Phi) is 6.76. The van der Waals surface area contributed by atoms with Crippen LogP contribution in [0.5, 0.6) is 0 Å². The quantitative estimate of drug-likeness (QED) is 0.815. The molecule has 1 aliphatic heterocycles. The van der Waals surface area contributed by atoms with Gasteiger partial charge >= 0.3 is 0 Å². The highest BCUT2D eigenvalue weighted by Gasteiger charge is 2.19. The molecule has 1 fully saturated rings. The van der Waals surface area contributed by atoms with E-state index in [0.717, 1.165) is 57.2 Å². The molecule has 1 aromatic carbocycles. The van der Waals surface area contributed by atoms with Crippen LogP contribution in [0.4, 0.5) is 11.6 Å². The van der Waals surface area contributed by atoms with E-state index in [9.17, 15) is 4.79 Å². The molecule has 0 unspecified atom stereocenters. The van der Waals surface area contributed by atoms with Crippen LogP contribution in [0.2, 0.25) is 0 Å². The van der Waals surface area contributed by atoms with E-state index in [-0.39, 0.29) is 5.91 Å². The number of aryl methyl sites for hydroxylation is 2. The van der Waals surface area contributed by atoms with E-state index in [1.807, 2.05) is 6.07 Å². The molecule has 6 nitrogen and oxygen atoms in total. The summed E-state index contributed by atoms with van der Waals surface area (Å²) in [6, 6.07) is 8.10. The molecule has 1 aliphatic rings. The molecule has 2 aromatic rings. The average molecular weight is 367 g/mol. The van der Waals surface area contributed by atoms with Crippen molar-refractivity contribution >= 4 is 17.5 Å². The monoisotopic (exact) mass is 367 g/mol. The zero-order chi connectivity index (χ0) is 19.1. The first-order valence-electron chi connectivity index (χ1n) is 9.86. The van der Waals surface area contributed by atoms with Gasteiger partial charge in [-0.2, -0.15) is 0 Å². The van der Waals surface area contributed by atoms with Gasteiger partial charge in [-0.05, 0) is 30.0 Å². The largest absolute Gasteiger partial charge is 0.338 e. The minimum absolute atomic E-state index is 0.0967. The van der Waals surface area contributed by atoms with Gasteiger partial charge < -0.3 is 10.2 Å². The lowest BCUT2D eigenvalue weighted by Crippen LogP contribution is -2.47. The second kappa shape index (κ2) is 9.46. The topological polar surface area (TPSA) is 61.4 Å². The van der Waals surface area contributed by atoms with Gasteiger partial charge in [-0.25, -0.2) is 9.97 Å². The van der Waals surface area contributed by atoms with Gasteiger partial charge in [-0.1, -0.05) is 32.0 Å². The van der Waals surface area contributed by atoms with Crippen molar-refractivity contribution in [3.63, 3.8) is 0 Å². The number of aromatic nitrogens is 2. The predicted molar refractivity (Wildman–Crippen MR) is 109 cm³/mol. The Labute approximate surface area is 161 Å². The van der Waals surface area contributed by atoms with Crippen LogP contribution in [-0.4, -0.2) is 53.5 Å². The van der Waals surface area contributed by atoms with Gasteiger partial charge in [-0.3, -0.25) is 9.69 Å². The summed E-state index contributed by atoms with van der Waals surface area (Å²) in [5.74, 6) is 0.887. The molecule has 1 N–H and O–H groups in total. The average Bonchev–Trinajstić information content (AvgIpc) is 2.73. The number of hydrogen-bond donors (Lipinski definition) is 1. The van der Waals surface area contributed by atoms with Gasteiger partial charge in [0.1, 0.15) is 0 Å². The van der Waals surface area contributed by atoms with Gasteiger partial charge in [0, 0.05) is 57.2 Å². The van der Waals surface area contributed by atoms with Crippen LogP contribution >= 0.6 is 0 Å². The van der Waals surface area contributed by atoms with Gasteiger partial charge in [0.25, 0.3) is 0 Å². The summed E-state index contributed by atoms with van der Waals surface area (Å²) in [7, 11) is 0. The number of hydrogen-bond acceptors (Lipinski definition) is 5. The third-order valence-corrected chi connectivity index (χ3v) is 5.13. The molecular weight excluding hydrogens is 338 g/mol. The Morgan fingerprint density at radius 2 is 1.63 bits per heavy atom. The number of nitrogens with zero attached hydrogens (tertiary/aromatic N) is 4. The maximum Gasteiger partial charge on any atom is 0.225 e. The lowest BCUT2D eigenvalue weighted by Gasteiger charge is -2.34. The minimum Gasteiger partial charge on any atom is -0.338 e.